The predicted octanol–water partition coefficient (Wildman–Crippen LogP) is 1.23. The number of hydrogen-bond donors (Lipinski definition) is 4. The summed E-state index contributed by atoms with van der Waals surface area (Å²) >= 11 is 0. The molecule has 0 spiro atoms. The average molecular weight is 544 g/mol. The Balaban J connectivity index is 1.82. The summed E-state index contributed by atoms with van der Waals surface area (Å²) in [5.41, 5.74) is 7.96. The van der Waals surface area contributed by atoms with Crippen LogP contribution in [0.3, 0.4) is 0 Å². The van der Waals surface area contributed by atoms with Crippen LogP contribution in [0.2, 0.25) is 0 Å². The zero-order valence-electron chi connectivity index (χ0n) is 22.5. The lowest BCUT2D eigenvalue weighted by molar-refractivity contribution is -0.141. The Hall–Kier alpha value is -3.57. The van der Waals surface area contributed by atoms with E-state index in [9.17, 15) is 23.9 Å². The van der Waals surface area contributed by atoms with E-state index in [0.29, 0.717) is 24.9 Å². The molecule has 1 aromatic heterocycles. The third-order valence-corrected chi connectivity index (χ3v) is 6.79. The highest BCUT2D eigenvalue weighted by molar-refractivity contribution is 5.91. The molecule has 39 heavy (non-hydrogen) atoms. The van der Waals surface area contributed by atoms with Gasteiger partial charge in [-0.3, -0.25) is 19.4 Å². The van der Waals surface area contributed by atoms with E-state index in [4.69, 9.17) is 10.5 Å². The molecule has 0 radical (unpaired) electrons. The van der Waals surface area contributed by atoms with Crippen LogP contribution in [0.4, 0.5) is 4.39 Å². The molecule has 1 unspecified atom stereocenters. The number of nitrogens with one attached hydrogen (secondary N) is 2. The molecule has 2 aliphatic heterocycles. The van der Waals surface area contributed by atoms with E-state index in [0.717, 1.165) is 17.5 Å². The maximum absolute atomic E-state index is 14.7. The van der Waals surface area contributed by atoms with E-state index < -0.39 is 35.8 Å². The van der Waals surface area contributed by atoms with E-state index in [1.165, 1.54) is 24.1 Å². The molecule has 212 valence electrons. The second-order valence-corrected chi connectivity index (χ2v) is 9.83. The number of carbonyl (C=O) groups is 3. The number of aliphatic hydroxyl groups is 1. The van der Waals surface area contributed by atoms with Gasteiger partial charge in [-0.1, -0.05) is 19.1 Å². The van der Waals surface area contributed by atoms with Gasteiger partial charge in [-0.15, -0.1) is 0 Å². The van der Waals surface area contributed by atoms with Crippen LogP contribution in [0.5, 0.6) is 5.75 Å². The SMILES string of the molecule is CCc1cncc(CNC[C@@H](O)[C@@H]2Cc3ccc(c(F)c3)OCCCCC(=O)N(C)C(CC(N)=O)C(=O)N2)c1. The molecule has 2 bridgehead atoms. The van der Waals surface area contributed by atoms with Gasteiger partial charge in [0.25, 0.3) is 0 Å². The fourth-order valence-electron chi connectivity index (χ4n) is 4.45. The highest BCUT2D eigenvalue weighted by atomic mass is 19.1. The van der Waals surface area contributed by atoms with Crippen LogP contribution >= 0.6 is 0 Å². The molecule has 2 aromatic rings. The van der Waals surface area contributed by atoms with Gasteiger partial charge in [0.15, 0.2) is 11.6 Å². The topological polar surface area (TPSA) is 147 Å². The zero-order valence-corrected chi connectivity index (χ0v) is 22.5. The number of hydrogen-bond acceptors (Lipinski definition) is 7. The number of halogens is 1. The molecule has 4 rings (SSSR count). The van der Waals surface area contributed by atoms with Crippen LogP contribution < -0.4 is 21.1 Å². The Bertz CT molecular complexity index is 1150. The first-order valence-corrected chi connectivity index (χ1v) is 13.2. The van der Waals surface area contributed by atoms with Crippen LogP contribution in [0.1, 0.15) is 49.3 Å². The Kier molecular flexibility index (Phi) is 11.2. The Morgan fingerprint density at radius 1 is 1.28 bits per heavy atom. The van der Waals surface area contributed by atoms with Crippen molar-refractivity contribution in [3.05, 3.63) is 59.2 Å². The van der Waals surface area contributed by atoms with Crippen molar-refractivity contribution in [2.45, 2.75) is 70.2 Å². The number of aryl methyl sites for hydroxylation is 1. The van der Waals surface area contributed by atoms with E-state index in [-0.39, 0.29) is 44.1 Å². The van der Waals surface area contributed by atoms with Crippen molar-refractivity contribution < 1.29 is 28.6 Å². The molecule has 0 aliphatic carbocycles. The number of ether oxygens (including phenoxy) is 1. The smallest absolute Gasteiger partial charge is 0.243 e. The van der Waals surface area contributed by atoms with Gasteiger partial charge in [-0.25, -0.2) is 4.39 Å². The molecule has 11 heteroatoms. The molecule has 5 N–H and O–H groups in total. The largest absolute Gasteiger partial charge is 0.491 e. The number of carbonyl (C=O) groups excluding carboxylic acids is 3. The van der Waals surface area contributed by atoms with Crippen LogP contribution in [0.15, 0.2) is 36.7 Å². The van der Waals surface area contributed by atoms with Crippen molar-refractivity contribution in [2.24, 2.45) is 5.73 Å². The summed E-state index contributed by atoms with van der Waals surface area (Å²) in [5, 5.41) is 17.0. The first-order valence-electron chi connectivity index (χ1n) is 13.2. The molecule has 0 fully saturated rings. The third kappa shape index (κ3) is 9.00. The molecule has 0 saturated carbocycles. The summed E-state index contributed by atoms with van der Waals surface area (Å²) in [7, 11) is 1.45. The summed E-state index contributed by atoms with van der Waals surface area (Å²) in [6, 6.07) is 4.53. The first kappa shape index (κ1) is 30.0. The van der Waals surface area contributed by atoms with Gasteiger partial charge in [0.2, 0.25) is 17.7 Å². The van der Waals surface area contributed by atoms with Gasteiger partial charge in [0.1, 0.15) is 6.04 Å². The van der Waals surface area contributed by atoms with Gasteiger partial charge < -0.3 is 31.1 Å². The number of likely N-dealkylation sites (N-methyl/N-ethyl adjacent to an activating group) is 1. The maximum atomic E-state index is 14.7. The number of nitrogens with zero attached hydrogens (tertiary/aromatic N) is 2. The number of nitrogens with two attached hydrogens (primary N) is 1. The number of primary amides is 1. The average Bonchev–Trinajstić information content (AvgIpc) is 2.91. The number of aromatic nitrogens is 1. The van der Waals surface area contributed by atoms with Crippen molar-refractivity contribution >= 4 is 17.7 Å². The summed E-state index contributed by atoms with van der Waals surface area (Å²) < 4.78 is 20.3. The minimum atomic E-state index is -1.15. The molecule has 0 saturated heterocycles. The lowest BCUT2D eigenvalue weighted by Crippen LogP contribution is -2.55. The van der Waals surface area contributed by atoms with Crippen molar-refractivity contribution in [3.63, 3.8) is 0 Å². The van der Waals surface area contributed by atoms with Crippen molar-refractivity contribution in [2.75, 3.05) is 20.2 Å². The highest BCUT2D eigenvalue weighted by Crippen LogP contribution is 2.21. The van der Waals surface area contributed by atoms with Gasteiger partial charge >= 0.3 is 0 Å². The fourth-order valence-corrected chi connectivity index (χ4v) is 4.45. The fraction of sp³-hybridized carbons (Fsp3) is 0.500. The summed E-state index contributed by atoms with van der Waals surface area (Å²) in [4.78, 5) is 43.3. The Morgan fingerprint density at radius 3 is 2.77 bits per heavy atom. The summed E-state index contributed by atoms with van der Waals surface area (Å²) in [6.45, 7) is 2.82. The lowest BCUT2D eigenvalue weighted by Gasteiger charge is -2.31. The molecule has 2 aliphatic rings. The quantitative estimate of drug-likeness (QED) is 0.392. The Labute approximate surface area is 228 Å². The molecular weight excluding hydrogens is 505 g/mol. The molecule has 10 nitrogen and oxygen atoms in total. The molecule has 1 aromatic carbocycles. The van der Waals surface area contributed by atoms with Crippen molar-refractivity contribution in [1.82, 2.24) is 20.5 Å². The standard InChI is InChI=1S/C28H38FN5O5/c1-3-18-10-20(15-31-14-18)16-32-17-24(35)22-12-19-7-8-25(21(29)11-19)39-9-5-4-6-27(37)34(2)23(13-26(30)36)28(38)33-22/h7-8,10-11,14-15,22-24,32,35H,3-6,9,12-13,16-17H2,1-2H3,(H2,30,36)(H,33,38)/t22-,23?,24+/m0/s1. The maximum Gasteiger partial charge on any atom is 0.243 e. The van der Waals surface area contributed by atoms with E-state index >= 15 is 0 Å². The van der Waals surface area contributed by atoms with E-state index in [2.05, 4.69) is 15.6 Å². The minimum Gasteiger partial charge on any atom is -0.491 e. The number of aliphatic hydroxyl groups excluding tert-OH is 1. The van der Waals surface area contributed by atoms with Crippen molar-refractivity contribution in [3.8, 4) is 5.75 Å². The second-order valence-electron chi connectivity index (χ2n) is 9.83. The van der Waals surface area contributed by atoms with Gasteiger partial charge in [0.05, 0.1) is 25.2 Å². The monoisotopic (exact) mass is 543 g/mol. The molecule has 3 atom stereocenters. The normalized spacial score (nSPS) is 19.8. The molecule has 3 heterocycles. The number of amides is 3. The predicted molar refractivity (Wildman–Crippen MR) is 143 cm³/mol. The van der Waals surface area contributed by atoms with Gasteiger partial charge in [0, 0.05) is 39.0 Å². The zero-order chi connectivity index (χ0) is 28.4. The molecule has 3 amide bonds. The van der Waals surface area contributed by atoms with Crippen LogP contribution in [0.25, 0.3) is 0 Å². The van der Waals surface area contributed by atoms with Crippen LogP contribution in [0, 0.1) is 5.82 Å². The number of fused-ring (bicyclic) bond motifs is 13. The number of pyridine rings is 1. The minimum absolute atomic E-state index is 0.0968. The van der Waals surface area contributed by atoms with Crippen LogP contribution in [-0.4, -0.2) is 71.1 Å². The van der Waals surface area contributed by atoms with Gasteiger partial charge in [-0.2, -0.15) is 0 Å². The first-order chi connectivity index (χ1) is 18.7. The third-order valence-electron chi connectivity index (χ3n) is 6.79. The summed E-state index contributed by atoms with van der Waals surface area (Å²) in [5.74, 6) is -2.15. The summed E-state index contributed by atoms with van der Waals surface area (Å²) in [6.07, 6.45) is 4.11. The lowest BCUT2D eigenvalue weighted by atomic mass is 9.99. The highest BCUT2D eigenvalue weighted by Gasteiger charge is 2.32. The number of benzene rings is 1. The van der Waals surface area contributed by atoms with E-state index in [1.54, 1.807) is 18.5 Å². The molecular formula is C28H38FN5O5. The Morgan fingerprint density at radius 2 is 2.05 bits per heavy atom. The number of rotatable bonds is 8. The van der Waals surface area contributed by atoms with Crippen molar-refractivity contribution in [1.29, 1.82) is 0 Å². The van der Waals surface area contributed by atoms with Gasteiger partial charge in [-0.05, 0) is 54.5 Å². The van der Waals surface area contributed by atoms with E-state index in [1.807, 2.05) is 13.0 Å². The second kappa shape index (κ2) is 14.5. The van der Waals surface area contributed by atoms with Crippen LogP contribution in [-0.2, 0) is 33.8 Å².